The summed E-state index contributed by atoms with van der Waals surface area (Å²) < 4.78 is 5.15. The van der Waals surface area contributed by atoms with Gasteiger partial charge in [0.2, 0.25) is 0 Å². The Hall–Kier alpha value is -0.970. The third-order valence-electron chi connectivity index (χ3n) is 5.27. The van der Waals surface area contributed by atoms with Crippen molar-refractivity contribution < 1.29 is 9.53 Å². The van der Waals surface area contributed by atoms with Gasteiger partial charge in [0, 0.05) is 23.0 Å². The summed E-state index contributed by atoms with van der Waals surface area (Å²) in [7, 11) is 0. The third-order valence-corrected chi connectivity index (χ3v) is 5.50. The second-order valence-electron chi connectivity index (χ2n) is 6.56. The highest BCUT2D eigenvalue weighted by Crippen LogP contribution is 2.41. The van der Waals surface area contributed by atoms with E-state index in [0.717, 1.165) is 30.7 Å². The Labute approximate surface area is 148 Å². The van der Waals surface area contributed by atoms with E-state index in [-0.39, 0.29) is 36.0 Å². The number of cyclic esters (lactones) is 1. The fourth-order valence-electron chi connectivity index (χ4n) is 3.90. The quantitative estimate of drug-likeness (QED) is 0.895. The molecular formula is C17H24Cl2N2O2. The Morgan fingerprint density at radius 3 is 2.61 bits per heavy atom. The fraction of sp³-hybridized carbons (Fsp3) is 0.588. The Morgan fingerprint density at radius 2 is 2.09 bits per heavy atom. The Bertz CT molecular complexity index is 559. The van der Waals surface area contributed by atoms with Gasteiger partial charge in [-0.15, -0.1) is 12.4 Å². The Morgan fingerprint density at radius 1 is 1.39 bits per heavy atom. The minimum atomic E-state index is -0.166. The molecule has 2 fully saturated rings. The molecule has 1 heterocycles. The minimum absolute atomic E-state index is 0. The number of ether oxygens (including phenoxy) is 1. The summed E-state index contributed by atoms with van der Waals surface area (Å²) >= 11 is 6.14. The molecule has 3 rings (SSSR count). The standard InChI is InChI=1S/C17H23ClN2O2.ClH/c1-12-10-22-16(21)20(12)15-5-7-17(11-19,8-6-15)13-3-2-4-14(18)9-13;/h2-4,9,12,15H,5-8,10-11,19H2,1H3;1H/t12-,15?,17?;/m1./s1. The molecule has 1 aliphatic heterocycles. The van der Waals surface area contributed by atoms with Crippen LogP contribution in [0.25, 0.3) is 0 Å². The monoisotopic (exact) mass is 358 g/mol. The van der Waals surface area contributed by atoms with E-state index in [9.17, 15) is 4.79 Å². The predicted octanol–water partition coefficient (Wildman–Crippen LogP) is 3.74. The van der Waals surface area contributed by atoms with Gasteiger partial charge >= 0.3 is 6.09 Å². The van der Waals surface area contributed by atoms with Crippen LogP contribution in [-0.4, -0.2) is 36.2 Å². The molecule has 1 aliphatic carbocycles. The van der Waals surface area contributed by atoms with E-state index in [0.29, 0.717) is 13.2 Å². The highest BCUT2D eigenvalue weighted by atomic mass is 35.5. The lowest BCUT2D eigenvalue weighted by Gasteiger charge is -2.42. The fourth-order valence-corrected chi connectivity index (χ4v) is 4.09. The van der Waals surface area contributed by atoms with Crippen molar-refractivity contribution in [3.63, 3.8) is 0 Å². The first kappa shape index (κ1) is 18.4. The number of amides is 1. The molecule has 0 unspecified atom stereocenters. The minimum Gasteiger partial charge on any atom is -0.447 e. The van der Waals surface area contributed by atoms with Crippen molar-refractivity contribution in [2.24, 2.45) is 5.73 Å². The summed E-state index contributed by atoms with van der Waals surface area (Å²) in [5.74, 6) is 0. The van der Waals surface area contributed by atoms with E-state index >= 15 is 0 Å². The van der Waals surface area contributed by atoms with Crippen LogP contribution in [-0.2, 0) is 10.2 Å². The van der Waals surface area contributed by atoms with E-state index in [1.807, 2.05) is 30.0 Å². The largest absolute Gasteiger partial charge is 0.447 e. The van der Waals surface area contributed by atoms with Gasteiger partial charge in [0.15, 0.2) is 0 Å². The molecule has 1 saturated carbocycles. The molecule has 1 saturated heterocycles. The van der Waals surface area contributed by atoms with Gasteiger partial charge in [0.25, 0.3) is 0 Å². The summed E-state index contributed by atoms with van der Waals surface area (Å²) in [5, 5.41) is 0.754. The molecule has 128 valence electrons. The highest BCUT2D eigenvalue weighted by Gasteiger charge is 2.42. The summed E-state index contributed by atoms with van der Waals surface area (Å²) in [6, 6.07) is 8.47. The molecule has 23 heavy (non-hydrogen) atoms. The molecule has 1 aromatic rings. The summed E-state index contributed by atoms with van der Waals surface area (Å²) in [6.45, 7) is 3.17. The molecular weight excluding hydrogens is 335 g/mol. The van der Waals surface area contributed by atoms with Gasteiger partial charge in [-0.25, -0.2) is 4.79 Å². The van der Waals surface area contributed by atoms with E-state index in [2.05, 4.69) is 6.07 Å². The molecule has 0 radical (unpaired) electrons. The second-order valence-corrected chi connectivity index (χ2v) is 7.00. The first-order chi connectivity index (χ1) is 10.6. The number of hydrogen-bond donors (Lipinski definition) is 1. The molecule has 0 aromatic heterocycles. The maximum absolute atomic E-state index is 11.9. The van der Waals surface area contributed by atoms with Crippen molar-refractivity contribution in [1.29, 1.82) is 0 Å². The van der Waals surface area contributed by atoms with Crippen LogP contribution in [0.15, 0.2) is 24.3 Å². The predicted molar refractivity (Wildman–Crippen MR) is 94.3 cm³/mol. The Kier molecular flexibility index (Phi) is 5.82. The van der Waals surface area contributed by atoms with Crippen LogP contribution < -0.4 is 5.73 Å². The molecule has 4 nitrogen and oxygen atoms in total. The average molecular weight is 359 g/mol. The van der Waals surface area contributed by atoms with Gasteiger partial charge in [-0.05, 0) is 50.3 Å². The molecule has 1 atom stereocenters. The van der Waals surface area contributed by atoms with Gasteiger partial charge in [-0.3, -0.25) is 4.90 Å². The van der Waals surface area contributed by atoms with Crippen molar-refractivity contribution in [1.82, 2.24) is 4.90 Å². The van der Waals surface area contributed by atoms with E-state index in [4.69, 9.17) is 22.1 Å². The zero-order chi connectivity index (χ0) is 15.7. The SMILES string of the molecule is C[C@@H]1COC(=O)N1C1CCC(CN)(c2cccc(Cl)c2)CC1.Cl. The molecule has 0 spiro atoms. The molecule has 2 N–H and O–H groups in total. The zero-order valence-corrected chi connectivity index (χ0v) is 14.9. The number of carbonyl (C=O) groups is 1. The number of benzene rings is 1. The third kappa shape index (κ3) is 3.44. The number of nitrogens with zero attached hydrogens (tertiary/aromatic N) is 1. The van der Waals surface area contributed by atoms with Crippen molar-refractivity contribution >= 4 is 30.1 Å². The van der Waals surface area contributed by atoms with Gasteiger partial charge in [0.05, 0.1) is 6.04 Å². The van der Waals surface area contributed by atoms with Gasteiger partial charge in [-0.2, -0.15) is 0 Å². The molecule has 1 aromatic carbocycles. The number of hydrogen-bond acceptors (Lipinski definition) is 3. The van der Waals surface area contributed by atoms with Crippen molar-refractivity contribution in [3.05, 3.63) is 34.9 Å². The van der Waals surface area contributed by atoms with Gasteiger partial charge < -0.3 is 10.5 Å². The lowest BCUT2D eigenvalue weighted by atomic mass is 9.68. The van der Waals surface area contributed by atoms with Crippen LogP contribution in [0.1, 0.15) is 38.2 Å². The topological polar surface area (TPSA) is 55.6 Å². The second kappa shape index (κ2) is 7.29. The molecule has 1 amide bonds. The van der Waals surface area contributed by atoms with Crippen molar-refractivity contribution in [3.8, 4) is 0 Å². The zero-order valence-electron chi connectivity index (χ0n) is 13.3. The summed E-state index contributed by atoms with van der Waals surface area (Å²) in [6.07, 6.45) is 3.71. The molecule has 2 aliphatic rings. The maximum Gasteiger partial charge on any atom is 0.410 e. The average Bonchev–Trinajstić information content (AvgIpc) is 2.86. The number of nitrogens with two attached hydrogens (primary N) is 1. The summed E-state index contributed by atoms with van der Waals surface area (Å²) in [5.41, 5.74) is 7.33. The lowest BCUT2D eigenvalue weighted by Crippen LogP contribution is -2.47. The van der Waals surface area contributed by atoms with E-state index in [1.54, 1.807) is 0 Å². The first-order valence-electron chi connectivity index (χ1n) is 7.97. The van der Waals surface area contributed by atoms with Crippen LogP contribution in [0.3, 0.4) is 0 Å². The van der Waals surface area contributed by atoms with Crippen LogP contribution in [0.5, 0.6) is 0 Å². The van der Waals surface area contributed by atoms with E-state index in [1.165, 1.54) is 5.56 Å². The van der Waals surface area contributed by atoms with Crippen molar-refractivity contribution in [2.45, 2.75) is 50.1 Å². The lowest BCUT2D eigenvalue weighted by molar-refractivity contribution is 0.119. The summed E-state index contributed by atoms with van der Waals surface area (Å²) in [4.78, 5) is 13.8. The van der Waals surface area contributed by atoms with Gasteiger partial charge in [-0.1, -0.05) is 23.7 Å². The van der Waals surface area contributed by atoms with Crippen LogP contribution in [0, 0.1) is 0 Å². The number of rotatable bonds is 3. The van der Waals surface area contributed by atoms with Crippen LogP contribution >= 0.6 is 24.0 Å². The first-order valence-corrected chi connectivity index (χ1v) is 8.35. The maximum atomic E-state index is 11.9. The number of halogens is 2. The van der Waals surface area contributed by atoms with Crippen LogP contribution in [0.2, 0.25) is 5.02 Å². The van der Waals surface area contributed by atoms with Crippen LogP contribution in [0.4, 0.5) is 4.79 Å². The molecule has 0 bridgehead atoms. The highest BCUT2D eigenvalue weighted by molar-refractivity contribution is 6.30. The smallest absolute Gasteiger partial charge is 0.410 e. The normalized spacial score (nSPS) is 30.7. The van der Waals surface area contributed by atoms with E-state index < -0.39 is 0 Å². The Balaban J connectivity index is 0.00000192. The molecule has 6 heteroatoms. The number of carbonyl (C=O) groups excluding carboxylic acids is 1. The van der Waals surface area contributed by atoms with Gasteiger partial charge in [0.1, 0.15) is 6.61 Å². The van der Waals surface area contributed by atoms with Crippen molar-refractivity contribution in [2.75, 3.05) is 13.2 Å².